The number of aromatic nitrogens is 1. The number of hydrogen-bond acceptors (Lipinski definition) is 4. The van der Waals surface area contributed by atoms with Crippen LogP contribution in [0.4, 0.5) is 0 Å². The highest BCUT2D eigenvalue weighted by Crippen LogP contribution is 2.42. The molecule has 0 atom stereocenters. The van der Waals surface area contributed by atoms with Gasteiger partial charge in [0.1, 0.15) is 10.8 Å². The van der Waals surface area contributed by atoms with Gasteiger partial charge in [-0.05, 0) is 30.9 Å². The highest BCUT2D eigenvalue weighted by molar-refractivity contribution is 7.12. The summed E-state index contributed by atoms with van der Waals surface area (Å²) in [5.41, 5.74) is 8.04. The first kappa shape index (κ1) is 13.6. The molecule has 4 heteroatoms. The van der Waals surface area contributed by atoms with Crippen LogP contribution in [0.2, 0.25) is 0 Å². The first-order valence-electron chi connectivity index (χ1n) is 7.16. The van der Waals surface area contributed by atoms with Crippen LogP contribution >= 0.6 is 11.3 Å². The third kappa shape index (κ3) is 2.58. The third-order valence-electron chi connectivity index (χ3n) is 3.94. The predicted molar refractivity (Wildman–Crippen MR) is 83.2 cm³/mol. The van der Waals surface area contributed by atoms with E-state index in [1.807, 2.05) is 12.1 Å². The summed E-state index contributed by atoms with van der Waals surface area (Å²) < 4.78 is 5.33. The third-order valence-corrected chi connectivity index (χ3v) is 5.18. The number of methoxy groups -OCH3 is 1. The molecule has 3 nitrogen and oxygen atoms in total. The second kappa shape index (κ2) is 5.94. The van der Waals surface area contributed by atoms with E-state index in [2.05, 4.69) is 12.1 Å². The van der Waals surface area contributed by atoms with Gasteiger partial charge in [0.15, 0.2) is 0 Å². The SMILES string of the molecule is COc1cccc(-c2nc(CN)sc2C2CCCC2)c1. The van der Waals surface area contributed by atoms with E-state index in [-0.39, 0.29) is 0 Å². The quantitative estimate of drug-likeness (QED) is 0.927. The molecule has 20 heavy (non-hydrogen) atoms. The fraction of sp³-hybridized carbons (Fsp3) is 0.438. The largest absolute Gasteiger partial charge is 0.497 e. The molecule has 1 saturated carbocycles. The van der Waals surface area contributed by atoms with Crippen molar-refractivity contribution in [1.29, 1.82) is 0 Å². The van der Waals surface area contributed by atoms with Crippen molar-refractivity contribution in [2.45, 2.75) is 38.1 Å². The van der Waals surface area contributed by atoms with Gasteiger partial charge in [-0.25, -0.2) is 4.98 Å². The number of nitrogens with zero attached hydrogens (tertiary/aromatic N) is 1. The van der Waals surface area contributed by atoms with Crippen molar-refractivity contribution in [3.8, 4) is 17.0 Å². The molecule has 0 unspecified atom stereocenters. The van der Waals surface area contributed by atoms with Crippen molar-refractivity contribution in [3.05, 3.63) is 34.2 Å². The Morgan fingerprint density at radius 2 is 2.15 bits per heavy atom. The molecule has 1 aliphatic carbocycles. The van der Waals surface area contributed by atoms with Gasteiger partial charge in [0, 0.05) is 17.0 Å². The Morgan fingerprint density at radius 3 is 2.85 bits per heavy atom. The van der Waals surface area contributed by atoms with Crippen LogP contribution in [0, 0.1) is 0 Å². The maximum Gasteiger partial charge on any atom is 0.119 e. The number of nitrogens with two attached hydrogens (primary N) is 1. The summed E-state index contributed by atoms with van der Waals surface area (Å²) in [5, 5.41) is 1.03. The molecule has 0 bridgehead atoms. The van der Waals surface area contributed by atoms with Crippen molar-refractivity contribution in [2.24, 2.45) is 5.73 Å². The molecule has 0 saturated heterocycles. The molecule has 0 spiro atoms. The van der Waals surface area contributed by atoms with E-state index in [9.17, 15) is 0 Å². The fourth-order valence-corrected chi connectivity index (χ4v) is 4.04. The van der Waals surface area contributed by atoms with Crippen molar-refractivity contribution in [3.63, 3.8) is 0 Å². The zero-order chi connectivity index (χ0) is 13.9. The minimum Gasteiger partial charge on any atom is -0.497 e. The lowest BCUT2D eigenvalue weighted by atomic mass is 10.0. The lowest BCUT2D eigenvalue weighted by Gasteiger charge is -2.09. The molecule has 1 heterocycles. The Hall–Kier alpha value is -1.39. The molecule has 0 radical (unpaired) electrons. The average molecular weight is 288 g/mol. The van der Waals surface area contributed by atoms with E-state index in [1.54, 1.807) is 18.4 Å². The van der Waals surface area contributed by atoms with E-state index in [1.165, 1.54) is 30.6 Å². The van der Waals surface area contributed by atoms with Gasteiger partial charge in [-0.2, -0.15) is 0 Å². The molecule has 2 N–H and O–H groups in total. The molecular formula is C16H20N2OS. The first-order chi connectivity index (χ1) is 9.81. The molecule has 1 fully saturated rings. The number of thiazole rings is 1. The Labute approximate surface area is 123 Å². The second-order valence-corrected chi connectivity index (χ2v) is 6.35. The van der Waals surface area contributed by atoms with Gasteiger partial charge in [-0.1, -0.05) is 25.0 Å². The van der Waals surface area contributed by atoms with Crippen LogP contribution in [0.3, 0.4) is 0 Å². The zero-order valence-electron chi connectivity index (χ0n) is 11.8. The lowest BCUT2D eigenvalue weighted by Crippen LogP contribution is -1.95. The van der Waals surface area contributed by atoms with Crippen LogP contribution < -0.4 is 10.5 Å². The number of benzene rings is 1. The molecule has 106 valence electrons. The van der Waals surface area contributed by atoms with Gasteiger partial charge in [0.05, 0.1) is 12.8 Å². The molecule has 1 aromatic heterocycles. The fourth-order valence-electron chi connectivity index (χ4n) is 2.91. The standard InChI is InChI=1S/C16H20N2OS/c1-19-13-8-4-7-12(9-13)15-16(11-5-2-3-6-11)20-14(10-17)18-15/h4,7-9,11H,2-3,5-6,10,17H2,1H3. The van der Waals surface area contributed by atoms with Crippen LogP contribution in [0.15, 0.2) is 24.3 Å². The highest BCUT2D eigenvalue weighted by Gasteiger charge is 2.24. The average Bonchev–Trinajstić information content (AvgIpc) is 3.15. The lowest BCUT2D eigenvalue weighted by molar-refractivity contribution is 0.415. The van der Waals surface area contributed by atoms with Gasteiger partial charge >= 0.3 is 0 Å². The van der Waals surface area contributed by atoms with E-state index in [4.69, 9.17) is 15.5 Å². The molecule has 1 aromatic carbocycles. The minimum absolute atomic E-state index is 0.522. The monoisotopic (exact) mass is 288 g/mol. The van der Waals surface area contributed by atoms with Crippen LogP contribution in [0.5, 0.6) is 5.75 Å². The van der Waals surface area contributed by atoms with Gasteiger partial charge < -0.3 is 10.5 Å². The topological polar surface area (TPSA) is 48.1 Å². The number of ether oxygens (including phenoxy) is 1. The van der Waals surface area contributed by atoms with Gasteiger partial charge in [-0.3, -0.25) is 0 Å². The summed E-state index contributed by atoms with van der Waals surface area (Å²) in [6.07, 6.45) is 5.22. The van der Waals surface area contributed by atoms with E-state index in [0.29, 0.717) is 12.5 Å². The van der Waals surface area contributed by atoms with Crippen LogP contribution in [0.25, 0.3) is 11.3 Å². The second-order valence-electron chi connectivity index (χ2n) is 5.24. The van der Waals surface area contributed by atoms with E-state index in [0.717, 1.165) is 22.0 Å². The van der Waals surface area contributed by atoms with E-state index < -0.39 is 0 Å². The van der Waals surface area contributed by atoms with Crippen molar-refractivity contribution >= 4 is 11.3 Å². The van der Waals surface area contributed by atoms with Crippen LogP contribution in [-0.2, 0) is 6.54 Å². The van der Waals surface area contributed by atoms with E-state index >= 15 is 0 Å². The first-order valence-corrected chi connectivity index (χ1v) is 7.97. The zero-order valence-corrected chi connectivity index (χ0v) is 12.6. The summed E-state index contributed by atoms with van der Waals surface area (Å²) in [7, 11) is 1.70. The van der Waals surface area contributed by atoms with Crippen molar-refractivity contribution in [2.75, 3.05) is 7.11 Å². The summed E-state index contributed by atoms with van der Waals surface area (Å²) in [4.78, 5) is 6.17. The van der Waals surface area contributed by atoms with Crippen LogP contribution in [-0.4, -0.2) is 12.1 Å². The summed E-state index contributed by atoms with van der Waals surface area (Å²) >= 11 is 1.79. The molecule has 3 rings (SSSR count). The van der Waals surface area contributed by atoms with Gasteiger partial charge in [0.25, 0.3) is 0 Å². The Kier molecular flexibility index (Phi) is 4.03. The maximum atomic E-state index is 5.79. The normalized spacial score (nSPS) is 15.7. The number of hydrogen-bond donors (Lipinski definition) is 1. The minimum atomic E-state index is 0.522. The Balaban J connectivity index is 2.04. The van der Waals surface area contributed by atoms with Gasteiger partial charge in [-0.15, -0.1) is 11.3 Å². The molecule has 1 aliphatic rings. The summed E-state index contributed by atoms with van der Waals surface area (Å²) in [5.74, 6) is 1.54. The Bertz CT molecular complexity index is 588. The molecule has 0 aliphatic heterocycles. The van der Waals surface area contributed by atoms with Crippen molar-refractivity contribution < 1.29 is 4.74 Å². The highest BCUT2D eigenvalue weighted by atomic mass is 32.1. The summed E-state index contributed by atoms with van der Waals surface area (Å²) in [6.45, 7) is 0.522. The predicted octanol–water partition coefficient (Wildman–Crippen LogP) is 3.94. The van der Waals surface area contributed by atoms with Crippen molar-refractivity contribution in [1.82, 2.24) is 4.98 Å². The molecule has 0 amide bonds. The number of rotatable bonds is 4. The smallest absolute Gasteiger partial charge is 0.119 e. The van der Waals surface area contributed by atoms with Gasteiger partial charge in [0.2, 0.25) is 0 Å². The Morgan fingerprint density at radius 1 is 1.35 bits per heavy atom. The molecular weight excluding hydrogens is 268 g/mol. The van der Waals surface area contributed by atoms with Crippen LogP contribution in [0.1, 0.15) is 41.5 Å². The maximum absolute atomic E-state index is 5.79. The summed E-state index contributed by atoms with van der Waals surface area (Å²) in [6, 6.07) is 8.16. The molecule has 2 aromatic rings.